The standard InChI is InChI=1S/C19H22N2OS/c22-19(18-13-15-5-4-7-17(15)23-18)21-12-3-1-2-6-16(21)14-8-10-20-11-9-14/h8-11,13,16H,1-7,12H2/t16-/m0/s1. The van der Waals surface area contributed by atoms with Gasteiger partial charge in [0.1, 0.15) is 0 Å². The minimum atomic E-state index is 0.199. The van der Waals surface area contributed by atoms with Gasteiger partial charge in [0.2, 0.25) is 0 Å². The zero-order valence-electron chi connectivity index (χ0n) is 13.3. The lowest BCUT2D eigenvalue weighted by molar-refractivity contribution is 0.0686. The predicted octanol–water partition coefficient (Wildman–Crippen LogP) is 4.39. The predicted molar refractivity (Wildman–Crippen MR) is 92.8 cm³/mol. The van der Waals surface area contributed by atoms with Crippen LogP contribution < -0.4 is 0 Å². The van der Waals surface area contributed by atoms with Crippen LogP contribution in [-0.4, -0.2) is 22.3 Å². The molecule has 0 bridgehead atoms. The summed E-state index contributed by atoms with van der Waals surface area (Å²) in [5, 5.41) is 0. The van der Waals surface area contributed by atoms with Gasteiger partial charge in [-0.25, -0.2) is 0 Å². The maximum Gasteiger partial charge on any atom is 0.264 e. The molecule has 0 saturated carbocycles. The summed E-state index contributed by atoms with van der Waals surface area (Å²) in [5.74, 6) is 0.230. The average molecular weight is 326 g/mol. The Morgan fingerprint density at radius 2 is 2.00 bits per heavy atom. The monoisotopic (exact) mass is 326 g/mol. The first kappa shape index (κ1) is 14.9. The summed E-state index contributed by atoms with van der Waals surface area (Å²) in [6.45, 7) is 0.869. The maximum absolute atomic E-state index is 13.2. The number of nitrogens with zero attached hydrogens (tertiary/aromatic N) is 2. The Bertz CT molecular complexity index is 673. The Hall–Kier alpha value is -1.68. The van der Waals surface area contributed by atoms with Gasteiger partial charge in [-0.3, -0.25) is 9.78 Å². The topological polar surface area (TPSA) is 33.2 Å². The summed E-state index contributed by atoms with van der Waals surface area (Å²) in [4.78, 5) is 21.8. The fraction of sp³-hybridized carbons (Fsp3) is 0.474. The van der Waals surface area contributed by atoms with Gasteiger partial charge in [0.05, 0.1) is 10.9 Å². The maximum atomic E-state index is 13.2. The second-order valence-electron chi connectivity index (χ2n) is 6.56. The summed E-state index contributed by atoms with van der Waals surface area (Å²) >= 11 is 1.72. The fourth-order valence-corrected chi connectivity index (χ4v) is 5.07. The van der Waals surface area contributed by atoms with Gasteiger partial charge in [-0.1, -0.05) is 12.8 Å². The highest BCUT2D eigenvalue weighted by Crippen LogP contribution is 2.35. The number of amides is 1. The van der Waals surface area contributed by atoms with Crippen LogP contribution in [0.3, 0.4) is 0 Å². The molecule has 1 atom stereocenters. The van der Waals surface area contributed by atoms with Crippen LogP contribution in [0.15, 0.2) is 30.6 Å². The molecule has 1 fully saturated rings. The van der Waals surface area contributed by atoms with E-state index in [0.29, 0.717) is 0 Å². The van der Waals surface area contributed by atoms with Gasteiger partial charge in [0, 0.05) is 23.8 Å². The number of aryl methyl sites for hydroxylation is 2. The van der Waals surface area contributed by atoms with Crippen LogP contribution >= 0.6 is 11.3 Å². The van der Waals surface area contributed by atoms with Crippen molar-refractivity contribution in [3.63, 3.8) is 0 Å². The molecule has 0 N–H and O–H groups in total. The van der Waals surface area contributed by atoms with E-state index in [1.54, 1.807) is 11.3 Å². The van der Waals surface area contributed by atoms with E-state index in [9.17, 15) is 4.79 Å². The van der Waals surface area contributed by atoms with E-state index in [2.05, 4.69) is 28.1 Å². The molecule has 0 aromatic carbocycles. The van der Waals surface area contributed by atoms with E-state index in [1.165, 1.54) is 35.3 Å². The summed E-state index contributed by atoms with van der Waals surface area (Å²) in [7, 11) is 0. The molecule has 4 heteroatoms. The number of likely N-dealkylation sites (tertiary alicyclic amines) is 1. The lowest BCUT2D eigenvalue weighted by Crippen LogP contribution is -2.34. The number of pyridine rings is 1. The van der Waals surface area contributed by atoms with E-state index >= 15 is 0 Å². The van der Waals surface area contributed by atoms with Crippen LogP contribution in [0.25, 0.3) is 0 Å². The molecule has 1 aliphatic carbocycles. The molecule has 23 heavy (non-hydrogen) atoms. The highest BCUT2D eigenvalue weighted by Gasteiger charge is 2.29. The first-order chi connectivity index (χ1) is 11.3. The number of aromatic nitrogens is 1. The van der Waals surface area contributed by atoms with Crippen molar-refractivity contribution in [3.8, 4) is 0 Å². The van der Waals surface area contributed by atoms with Crippen molar-refractivity contribution in [1.29, 1.82) is 0 Å². The van der Waals surface area contributed by atoms with Crippen LogP contribution in [0.4, 0.5) is 0 Å². The molecule has 1 aliphatic heterocycles. The van der Waals surface area contributed by atoms with Crippen molar-refractivity contribution in [3.05, 3.63) is 51.5 Å². The molecule has 2 aliphatic rings. The van der Waals surface area contributed by atoms with Crippen molar-refractivity contribution < 1.29 is 4.79 Å². The molecule has 1 saturated heterocycles. The number of carbonyl (C=O) groups is 1. The molecule has 3 heterocycles. The molecular weight excluding hydrogens is 304 g/mol. The van der Waals surface area contributed by atoms with E-state index < -0.39 is 0 Å². The first-order valence-electron chi connectivity index (χ1n) is 8.65. The molecule has 0 spiro atoms. The van der Waals surface area contributed by atoms with E-state index in [-0.39, 0.29) is 11.9 Å². The highest BCUT2D eigenvalue weighted by atomic mass is 32.1. The number of fused-ring (bicyclic) bond motifs is 1. The fourth-order valence-electron chi connectivity index (χ4n) is 3.86. The number of hydrogen-bond donors (Lipinski definition) is 0. The molecule has 0 radical (unpaired) electrons. The third-order valence-electron chi connectivity index (χ3n) is 5.06. The van der Waals surface area contributed by atoms with Gasteiger partial charge in [0.25, 0.3) is 5.91 Å². The molecule has 2 aromatic heterocycles. The zero-order valence-corrected chi connectivity index (χ0v) is 14.1. The quantitative estimate of drug-likeness (QED) is 0.820. The zero-order chi connectivity index (χ0) is 15.6. The van der Waals surface area contributed by atoms with Gasteiger partial charge in [-0.05, 0) is 61.4 Å². The van der Waals surface area contributed by atoms with Gasteiger partial charge < -0.3 is 4.90 Å². The smallest absolute Gasteiger partial charge is 0.264 e. The largest absolute Gasteiger partial charge is 0.331 e. The summed E-state index contributed by atoms with van der Waals surface area (Å²) in [6.07, 6.45) is 11.8. The van der Waals surface area contributed by atoms with Crippen LogP contribution in [-0.2, 0) is 12.8 Å². The van der Waals surface area contributed by atoms with Gasteiger partial charge in [-0.2, -0.15) is 0 Å². The Morgan fingerprint density at radius 1 is 1.13 bits per heavy atom. The van der Waals surface area contributed by atoms with E-state index in [1.807, 2.05) is 12.4 Å². The second kappa shape index (κ2) is 6.44. The van der Waals surface area contributed by atoms with Gasteiger partial charge in [-0.15, -0.1) is 11.3 Å². The third-order valence-corrected chi connectivity index (χ3v) is 6.29. The Balaban J connectivity index is 1.64. The van der Waals surface area contributed by atoms with Crippen LogP contribution in [0, 0.1) is 0 Å². The number of rotatable bonds is 2. The van der Waals surface area contributed by atoms with Crippen LogP contribution in [0.2, 0.25) is 0 Å². The van der Waals surface area contributed by atoms with Crippen molar-refractivity contribution >= 4 is 17.2 Å². The molecule has 120 valence electrons. The molecule has 0 unspecified atom stereocenters. The minimum absolute atomic E-state index is 0.199. The average Bonchev–Trinajstić information content (AvgIpc) is 3.09. The molecule has 4 rings (SSSR count). The van der Waals surface area contributed by atoms with Crippen LogP contribution in [0.1, 0.15) is 63.8 Å². The SMILES string of the molecule is O=C(c1cc2c(s1)CCC2)N1CCCCC[C@H]1c1ccncc1. The minimum Gasteiger partial charge on any atom is -0.331 e. The number of hydrogen-bond acceptors (Lipinski definition) is 3. The summed E-state index contributed by atoms with van der Waals surface area (Å²) in [6, 6.07) is 6.48. The van der Waals surface area contributed by atoms with E-state index in [4.69, 9.17) is 0 Å². The molecular formula is C19H22N2OS. The lowest BCUT2D eigenvalue weighted by Gasteiger charge is -2.30. The Labute approximate surface area is 141 Å². The van der Waals surface area contributed by atoms with Crippen LogP contribution in [0.5, 0.6) is 0 Å². The van der Waals surface area contributed by atoms with E-state index in [0.717, 1.165) is 37.1 Å². The van der Waals surface area contributed by atoms with Crippen molar-refractivity contribution in [2.75, 3.05) is 6.54 Å². The van der Waals surface area contributed by atoms with Crippen molar-refractivity contribution in [2.45, 2.75) is 51.0 Å². The lowest BCUT2D eigenvalue weighted by atomic mass is 10.0. The molecule has 1 amide bonds. The Kier molecular flexibility index (Phi) is 4.17. The summed E-state index contributed by atoms with van der Waals surface area (Å²) < 4.78 is 0. The third kappa shape index (κ3) is 2.92. The van der Waals surface area contributed by atoms with Crippen molar-refractivity contribution in [2.24, 2.45) is 0 Å². The van der Waals surface area contributed by atoms with Gasteiger partial charge >= 0.3 is 0 Å². The highest BCUT2D eigenvalue weighted by molar-refractivity contribution is 7.14. The number of thiophene rings is 1. The first-order valence-corrected chi connectivity index (χ1v) is 9.47. The molecule has 2 aromatic rings. The van der Waals surface area contributed by atoms with Crippen molar-refractivity contribution in [1.82, 2.24) is 9.88 Å². The van der Waals surface area contributed by atoms with Gasteiger partial charge in [0.15, 0.2) is 0 Å². The second-order valence-corrected chi connectivity index (χ2v) is 7.69. The summed E-state index contributed by atoms with van der Waals surface area (Å²) in [5.41, 5.74) is 2.63. The number of carbonyl (C=O) groups excluding carboxylic acids is 1. The Morgan fingerprint density at radius 3 is 2.83 bits per heavy atom. The normalized spacial score (nSPS) is 21.0. The molecule has 3 nitrogen and oxygen atoms in total.